The first-order valence-electron chi connectivity index (χ1n) is 9.54. The average Bonchev–Trinajstić information content (AvgIpc) is 3.45. The molecule has 1 saturated carbocycles. The average molecular weight is 332 g/mol. The molecule has 0 N–H and O–H groups in total. The zero-order chi connectivity index (χ0) is 17.1. The molecule has 6 rings (SSSR count). The van der Waals surface area contributed by atoms with Crippen molar-refractivity contribution in [3.63, 3.8) is 0 Å². The molecule has 26 heavy (non-hydrogen) atoms. The van der Waals surface area contributed by atoms with Gasteiger partial charge < -0.3 is 0 Å². The van der Waals surface area contributed by atoms with Crippen LogP contribution in [0.25, 0.3) is 5.57 Å². The Hall–Kier alpha value is -2.86. The fourth-order valence-corrected chi connectivity index (χ4v) is 5.34. The van der Waals surface area contributed by atoms with Gasteiger partial charge in [-0.15, -0.1) is 0 Å². The second-order valence-corrected chi connectivity index (χ2v) is 7.72. The third-order valence-corrected chi connectivity index (χ3v) is 6.45. The maximum Gasteiger partial charge on any atom is 0.0679 e. The highest BCUT2D eigenvalue weighted by atomic mass is 14.6. The quantitative estimate of drug-likeness (QED) is 0.540. The summed E-state index contributed by atoms with van der Waals surface area (Å²) in [6.45, 7) is 0. The van der Waals surface area contributed by atoms with Crippen LogP contribution in [0.3, 0.4) is 0 Å². The molecule has 2 unspecified atom stereocenters. The van der Waals surface area contributed by atoms with E-state index in [0.29, 0.717) is 5.92 Å². The van der Waals surface area contributed by atoms with Crippen LogP contribution in [0.15, 0.2) is 103 Å². The second kappa shape index (κ2) is 5.08. The first-order chi connectivity index (χ1) is 12.9. The van der Waals surface area contributed by atoms with E-state index in [1.807, 2.05) is 0 Å². The number of fused-ring (bicyclic) bond motifs is 4. The molecule has 0 aromatic heterocycles. The largest absolute Gasteiger partial charge is 0.0802 e. The highest BCUT2D eigenvalue weighted by Crippen LogP contribution is 2.65. The number of benzene rings is 3. The van der Waals surface area contributed by atoms with Gasteiger partial charge in [0.05, 0.1) is 5.41 Å². The van der Waals surface area contributed by atoms with Gasteiger partial charge in [-0.3, -0.25) is 0 Å². The topological polar surface area (TPSA) is 0 Å². The van der Waals surface area contributed by atoms with E-state index >= 15 is 0 Å². The highest BCUT2D eigenvalue weighted by Gasteiger charge is 2.55. The standard InChI is InChI=1S/C26H20/c1-3-9-19(10-4-1)26(20-11-5-2-6-12-20)24-14-8-7-13-21(24)22-16-15-18-17-23(18)25(22)26/h1-16,18,23H,17H2. The predicted molar refractivity (Wildman–Crippen MR) is 107 cm³/mol. The lowest BCUT2D eigenvalue weighted by Gasteiger charge is -2.36. The van der Waals surface area contributed by atoms with Crippen molar-refractivity contribution < 1.29 is 0 Å². The van der Waals surface area contributed by atoms with Crippen LogP contribution in [0.1, 0.15) is 28.7 Å². The number of rotatable bonds is 2. The summed E-state index contributed by atoms with van der Waals surface area (Å²) in [6.07, 6.45) is 6.13. The Morgan fingerprint density at radius 3 is 2.00 bits per heavy atom. The Kier molecular flexibility index (Phi) is 2.80. The van der Waals surface area contributed by atoms with Crippen molar-refractivity contribution in [2.45, 2.75) is 11.8 Å². The van der Waals surface area contributed by atoms with Gasteiger partial charge in [0, 0.05) is 0 Å². The van der Waals surface area contributed by atoms with E-state index in [4.69, 9.17) is 0 Å². The zero-order valence-corrected chi connectivity index (χ0v) is 14.6. The maximum atomic E-state index is 2.44. The lowest BCUT2D eigenvalue weighted by molar-refractivity contribution is 0.675. The molecule has 0 heterocycles. The predicted octanol–water partition coefficient (Wildman–Crippen LogP) is 5.99. The fraction of sp³-hybridized carbons (Fsp3) is 0.154. The van der Waals surface area contributed by atoms with Crippen LogP contribution in [-0.2, 0) is 5.41 Å². The van der Waals surface area contributed by atoms with E-state index in [2.05, 4.69) is 97.1 Å². The van der Waals surface area contributed by atoms with E-state index in [9.17, 15) is 0 Å². The number of hydrogen-bond donors (Lipinski definition) is 0. The minimum atomic E-state index is -0.154. The Balaban J connectivity index is 1.78. The van der Waals surface area contributed by atoms with Gasteiger partial charge in [0.25, 0.3) is 0 Å². The summed E-state index contributed by atoms with van der Waals surface area (Å²) < 4.78 is 0. The molecule has 0 aliphatic heterocycles. The molecule has 0 nitrogen and oxygen atoms in total. The van der Waals surface area contributed by atoms with Crippen molar-refractivity contribution in [3.05, 3.63) is 125 Å². The minimum absolute atomic E-state index is 0.154. The van der Waals surface area contributed by atoms with Gasteiger partial charge in [0.1, 0.15) is 0 Å². The molecular weight excluding hydrogens is 312 g/mol. The first kappa shape index (κ1) is 14.3. The smallest absolute Gasteiger partial charge is 0.0679 e. The Morgan fingerprint density at radius 1 is 0.692 bits per heavy atom. The molecule has 0 bridgehead atoms. The van der Waals surface area contributed by atoms with Crippen LogP contribution in [-0.4, -0.2) is 0 Å². The van der Waals surface area contributed by atoms with Gasteiger partial charge in [0.2, 0.25) is 0 Å². The van der Waals surface area contributed by atoms with E-state index in [-0.39, 0.29) is 5.41 Å². The van der Waals surface area contributed by atoms with Crippen LogP contribution in [0.4, 0.5) is 0 Å². The van der Waals surface area contributed by atoms with Crippen LogP contribution in [0, 0.1) is 11.8 Å². The lowest BCUT2D eigenvalue weighted by Crippen LogP contribution is -2.31. The number of allylic oxidation sites excluding steroid dienone is 4. The summed E-state index contributed by atoms with van der Waals surface area (Å²) in [5.41, 5.74) is 8.58. The summed E-state index contributed by atoms with van der Waals surface area (Å²) in [5.74, 6) is 1.41. The second-order valence-electron chi connectivity index (χ2n) is 7.72. The SMILES string of the molecule is C1=CC2CC2C2=C1c1ccccc1C2(c1ccccc1)c1ccccc1. The zero-order valence-electron chi connectivity index (χ0n) is 14.6. The fourth-order valence-electron chi connectivity index (χ4n) is 5.34. The Labute approximate surface area is 154 Å². The van der Waals surface area contributed by atoms with Crippen LogP contribution in [0.5, 0.6) is 0 Å². The summed E-state index contributed by atoms with van der Waals surface area (Å²) >= 11 is 0. The number of hydrogen-bond acceptors (Lipinski definition) is 0. The lowest BCUT2D eigenvalue weighted by atomic mass is 9.65. The molecule has 3 aliphatic rings. The maximum absolute atomic E-state index is 2.44. The molecule has 0 radical (unpaired) electrons. The molecule has 0 heteroatoms. The molecule has 3 aromatic carbocycles. The summed E-state index contributed by atoms with van der Waals surface area (Å²) in [7, 11) is 0. The van der Waals surface area contributed by atoms with Gasteiger partial charge in [-0.2, -0.15) is 0 Å². The summed E-state index contributed by atoms with van der Waals surface area (Å²) in [5, 5.41) is 0. The van der Waals surface area contributed by atoms with Crippen LogP contribution >= 0.6 is 0 Å². The molecule has 0 spiro atoms. The molecule has 0 amide bonds. The summed E-state index contributed by atoms with van der Waals surface area (Å²) in [4.78, 5) is 0. The molecule has 0 saturated heterocycles. The molecule has 2 atom stereocenters. The molecular formula is C26H20. The van der Waals surface area contributed by atoms with E-state index in [1.165, 1.54) is 34.2 Å². The van der Waals surface area contributed by atoms with Crippen LogP contribution in [0.2, 0.25) is 0 Å². The molecule has 1 fully saturated rings. The third-order valence-electron chi connectivity index (χ3n) is 6.45. The Bertz CT molecular complexity index is 1010. The van der Waals surface area contributed by atoms with E-state index < -0.39 is 0 Å². The van der Waals surface area contributed by atoms with Crippen molar-refractivity contribution in [3.8, 4) is 0 Å². The van der Waals surface area contributed by atoms with Crippen LogP contribution < -0.4 is 0 Å². The monoisotopic (exact) mass is 332 g/mol. The van der Waals surface area contributed by atoms with Gasteiger partial charge >= 0.3 is 0 Å². The first-order valence-corrected chi connectivity index (χ1v) is 9.54. The van der Waals surface area contributed by atoms with Gasteiger partial charge in [0.15, 0.2) is 0 Å². The van der Waals surface area contributed by atoms with E-state index in [1.54, 1.807) is 5.57 Å². The molecule has 3 aliphatic carbocycles. The van der Waals surface area contributed by atoms with Crippen molar-refractivity contribution in [1.29, 1.82) is 0 Å². The van der Waals surface area contributed by atoms with Crippen molar-refractivity contribution in [2.75, 3.05) is 0 Å². The normalized spacial score (nSPS) is 24.0. The van der Waals surface area contributed by atoms with Gasteiger partial charge in [-0.05, 0) is 51.7 Å². The molecule has 3 aromatic rings. The minimum Gasteiger partial charge on any atom is -0.0802 e. The third kappa shape index (κ3) is 1.69. The molecule has 124 valence electrons. The van der Waals surface area contributed by atoms with Gasteiger partial charge in [-0.1, -0.05) is 97.1 Å². The summed E-state index contributed by atoms with van der Waals surface area (Å²) in [6, 6.07) is 31.3. The van der Waals surface area contributed by atoms with Crippen molar-refractivity contribution in [1.82, 2.24) is 0 Å². The van der Waals surface area contributed by atoms with Crippen molar-refractivity contribution >= 4 is 5.57 Å². The van der Waals surface area contributed by atoms with E-state index in [0.717, 1.165) is 5.92 Å². The Morgan fingerprint density at radius 2 is 1.31 bits per heavy atom. The van der Waals surface area contributed by atoms with Gasteiger partial charge in [-0.25, -0.2) is 0 Å². The van der Waals surface area contributed by atoms with Crippen molar-refractivity contribution in [2.24, 2.45) is 11.8 Å². The highest BCUT2D eigenvalue weighted by molar-refractivity contribution is 5.91.